The number of hydrogen-bond donors (Lipinski definition) is 1. The van der Waals surface area contributed by atoms with Gasteiger partial charge < -0.3 is 10.2 Å². The molecule has 39 heavy (non-hydrogen) atoms. The van der Waals surface area contributed by atoms with E-state index in [4.69, 9.17) is 11.6 Å². The van der Waals surface area contributed by atoms with E-state index in [2.05, 4.69) is 25.4 Å². The second kappa shape index (κ2) is 11.8. The molecule has 0 spiro atoms. The number of allylic oxidation sites excluding steroid dienone is 3. The summed E-state index contributed by atoms with van der Waals surface area (Å²) in [6.45, 7) is 7.13. The number of halogens is 1. The lowest BCUT2D eigenvalue weighted by atomic mass is 9.99. The van der Waals surface area contributed by atoms with E-state index in [1.54, 1.807) is 30.3 Å². The first-order chi connectivity index (χ1) is 18.8. The predicted octanol–water partition coefficient (Wildman–Crippen LogP) is 7.10. The van der Waals surface area contributed by atoms with Gasteiger partial charge in [-0.15, -0.1) is 10.2 Å². The molecule has 4 rings (SSSR count). The van der Waals surface area contributed by atoms with Gasteiger partial charge in [0.1, 0.15) is 28.6 Å². The number of hydrogen-bond acceptors (Lipinski definition) is 9. The Morgan fingerprint density at radius 2 is 1.82 bits per heavy atom. The smallest absolute Gasteiger partial charge is 0.231 e. The normalized spacial score (nSPS) is 13.3. The molecular formula is C28H22ClN7O2S. The SMILES string of the molecule is CCN(CC)c1ccc(N=Nc2nc(Cl)c(/C=C3/C(=O)c4ccccc4C3=C(C#N)C#N)s2)c(NC(C)=O)c1. The van der Waals surface area contributed by atoms with Crippen LogP contribution in [0.15, 0.2) is 63.8 Å². The number of thiazole rings is 1. The number of rotatable bonds is 7. The highest BCUT2D eigenvalue weighted by molar-refractivity contribution is 7.16. The van der Waals surface area contributed by atoms with Gasteiger partial charge >= 0.3 is 0 Å². The van der Waals surface area contributed by atoms with Crippen molar-refractivity contribution < 1.29 is 9.59 Å². The molecule has 0 atom stereocenters. The van der Waals surface area contributed by atoms with Gasteiger partial charge in [0.15, 0.2) is 5.78 Å². The zero-order valence-corrected chi connectivity index (χ0v) is 22.9. The summed E-state index contributed by atoms with van der Waals surface area (Å²) < 4.78 is 0. The molecule has 3 aromatic rings. The van der Waals surface area contributed by atoms with Gasteiger partial charge in [-0.1, -0.05) is 47.2 Å². The maximum absolute atomic E-state index is 13.2. The molecule has 194 valence electrons. The van der Waals surface area contributed by atoms with E-state index < -0.39 is 0 Å². The highest BCUT2D eigenvalue weighted by Crippen LogP contribution is 2.42. The molecule has 11 heteroatoms. The maximum Gasteiger partial charge on any atom is 0.231 e. The molecule has 0 radical (unpaired) electrons. The number of anilines is 2. The number of Topliss-reactive ketones (excluding diaryl/α,β-unsaturated/α-hetero) is 1. The number of nitriles is 2. The van der Waals surface area contributed by atoms with E-state index >= 15 is 0 Å². The molecule has 0 unspecified atom stereocenters. The van der Waals surface area contributed by atoms with Crippen LogP contribution in [0, 0.1) is 22.7 Å². The lowest BCUT2D eigenvalue weighted by molar-refractivity contribution is -0.114. The van der Waals surface area contributed by atoms with Crippen LogP contribution < -0.4 is 10.2 Å². The first kappa shape index (κ1) is 27.4. The molecule has 9 nitrogen and oxygen atoms in total. The van der Waals surface area contributed by atoms with E-state index in [0.29, 0.717) is 27.4 Å². The third-order valence-corrected chi connectivity index (χ3v) is 7.25. The van der Waals surface area contributed by atoms with Crippen molar-refractivity contribution in [2.45, 2.75) is 20.8 Å². The van der Waals surface area contributed by atoms with Gasteiger partial charge in [-0.25, -0.2) is 4.98 Å². The summed E-state index contributed by atoms with van der Waals surface area (Å²) >= 11 is 7.47. The molecule has 1 heterocycles. The Labute approximate surface area is 234 Å². The summed E-state index contributed by atoms with van der Waals surface area (Å²) in [5.41, 5.74) is 3.08. The van der Waals surface area contributed by atoms with Crippen LogP contribution in [0.4, 0.5) is 22.2 Å². The van der Waals surface area contributed by atoms with Crippen molar-refractivity contribution in [3.63, 3.8) is 0 Å². The van der Waals surface area contributed by atoms with Crippen molar-refractivity contribution in [1.29, 1.82) is 10.5 Å². The number of nitrogens with one attached hydrogen (secondary N) is 1. The van der Waals surface area contributed by atoms with Crippen LogP contribution in [0.25, 0.3) is 11.6 Å². The van der Waals surface area contributed by atoms with Crippen molar-refractivity contribution in [2.24, 2.45) is 10.2 Å². The number of aromatic nitrogens is 1. The number of ketones is 1. The van der Waals surface area contributed by atoms with Gasteiger partial charge in [0, 0.05) is 42.4 Å². The Kier molecular flexibility index (Phi) is 8.30. The molecule has 1 aromatic heterocycles. The third-order valence-electron chi connectivity index (χ3n) is 5.97. The second-order valence-corrected chi connectivity index (χ2v) is 9.68. The van der Waals surface area contributed by atoms with Crippen molar-refractivity contribution in [2.75, 3.05) is 23.3 Å². The average molecular weight is 556 g/mol. The van der Waals surface area contributed by atoms with E-state index in [1.807, 2.05) is 38.1 Å². The summed E-state index contributed by atoms with van der Waals surface area (Å²) in [6, 6.07) is 16.1. The summed E-state index contributed by atoms with van der Waals surface area (Å²) in [6.07, 6.45) is 1.52. The van der Waals surface area contributed by atoms with Crippen molar-refractivity contribution in [1.82, 2.24) is 4.98 Å². The number of fused-ring (bicyclic) bond motifs is 1. The molecule has 0 saturated carbocycles. The van der Waals surface area contributed by atoms with Gasteiger partial charge in [0.2, 0.25) is 11.0 Å². The Bertz CT molecular complexity index is 1640. The Morgan fingerprint density at radius 1 is 1.13 bits per heavy atom. The standard InChI is InChI=1S/C28H22ClN7O2S/c1-4-36(5-2)18-10-11-22(23(12-18)32-16(3)37)34-35-28-33-27(29)24(39-28)13-21-25(17(14-30)15-31)19-8-6-7-9-20(19)26(21)38/h6-13H,4-5H2,1-3H3,(H,32,37)/b21-13+,35-34?. The largest absolute Gasteiger partial charge is 0.372 e. The maximum atomic E-state index is 13.2. The van der Waals surface area contributed by atoms with E-state index in [0.717, 1.165) is 30.1 Å². The second-order valence-electron chi connectivity index (χ2n) is 8.31. The lowest BCUT2D eigenvalue weighted by Crippen LogP contribution is -2.21. The van der Waals surface area contributed by atoms with Crippen molar-refractivity contribution in [3.8, 4) is 12.1 Å². The highest BCUT2D eigenvalue weighted by Gasteiger charge is 2.32. The zero-order chi connectivity index (χ0) is 28.1. The molecule has 1 N–H and O–H groups in total. The van der Waals surface area contributed by atoms with Gasteiger partial charge in [0.25, 0.3) is 0 Å². The van der Waals surface area contributed by atoms with Crippen molar-refractivity contribution in [3.05, 3.63) is 74.8 Å². The fourth-order valence-electron chi connectivity index (χ4n) is 4.20. The number of amides is 1. The van der Waals surface area contributed by atoms with E-state index in [-0.39, 0.29) is 38.7 Å². The summed E-state index contributed by atoms with van der Waals surface area (Å²) in [5, 5.41) is 30.6. The molecule has 1 amide bonds. The quantitative estimate of drug-likeness (QED) is 0.188. The highest BCUT2D eigenvalue weighted by atomic mass is 35.5. The third kappa shape index (κ3) is 5.63. The summed E-state index contributed by atoms with van der Waals surface area (Å²) in [7, 11) is 0. The number of azo groups is 1. The van der Waals surface area contributed by atoms with Gasteiger partial charge in [0.05, 0.1) is 10.6 Å². The molecule has 1 aliphatic rings. The topological polar surface area (TPSA) is 135 Å². The Hall–Kier alpha value is -4.64. The fraction of sp³-hybridized carbons (Fsp3) is 0.179. The molecule has 0 aliphatic heterocycles. The van der Waals surface area contributed by atoms with Crippen LogP contribution in [0.1, 0.15) is 41.6 Å². The van der Waals surface area contributed by atoms with Crippen LogP contribution in [0.2, 0.25) is 5.15 Å². The molecule has 1 aliphatic carbocycles. The van der Waals surface area contributed by atoms with Crippen LogP contribution >= 0.6 is 22.9 Å². The minimum Gasteiger partial charge on any atom is -0.372 e. The minimum absolute atomic E-state index is 0.0963. The monoisotopic (exact) mass is 555 g/mol. The van der Waals surface area contributed by atoms with E-state index in [9.17, 15) is 20.1 Å². The number of benzene rings is 2. The minimum atomic E-state index is -0.315. The Morgan fingerprint density at radius 3 is 2.46 bits per heavy atom. The van der Waals surface area contributed by atoms with Gasteiger partial charge in [-0.3, -0.25) is 9.59 Å². The molecule has 0 saturated heterocycles. The first-order valence-corrected chi connectivity index (χ1v) is 13.2. The van der Waals surface area contributed by atoms with Crippen LogP contribution in [-0.4, -0.2) is 29.8 Å². The van der Waals surface area contributed by atoms with E-state index in [1.165, 1.54) is 13.0 Å². The van der Waals surface area contributed by atoms with Crippen LogP contribution in [0.5, 0.6) is 0 Å². The number of carbonyl (C=O) groups is 2. The number of carbonyl (C=O) groups excluding carboxylic acids is 2. The van der Waals surface area contributed by atoms with Crippen molar-refractivity contribution >= 4 is 68.5 Å². The molecule has 0 bridgehead atoms. The number of nitrogens with zero attached hydrogens (tertiary/aromatic N) is 6. The first-order valence-electron chi connectivity index (χ1n) is 12.0. The van der Waals surface area contributed by atoms with Gasteiger partial charge in [-0.05, 0) is 43.7 Å². The average Bonchev–Trinajstić information content (AvgIpc) is 3.41. The molecular weight excluding hydrogens is 534 g/mol. The summed E-state index contributed by atoms with van der Waals surface area (Å²) in [5.74, 6) is -0.556. The lowest BCUT2D eigenvalue weighted by Gasteiger charge is -2.22. The van der Waals surface area contributed by atoms with Crippen LogP contribution in [-0.2, 0) is 4.79 Å². The zero-order valence-electron chi connectivity index (χ0n) is 21.3. The predicted molar refractivity (Wildman–Crippen MR) is 153 cm³/mol. The van der Waals surface area contributed by atoms with Gasteiger partial charge in [-0.2, -0.15) is 10.5 Å². The molecule has 2 aromatic carbocycles. The Balaban J connectivity index is 1.71. The summed E-state index contributed by atoms with van der Waals surface area (Å²) in [4.78, 5) is 31.8. The molecule has 0 fully saturated rings. The fourth-order valence-corrected chi connectivity index (χ4v) is 5.22. The van der Waals surface area contributed by atoms with Crippen LogP contribution in [0.3, 0.4) is 0 Å².